The van der Waals surface area contributed by atoms with Gasteiger partial charge >= 0.3 is 0 Å². The fourth-order valence-corrected chi connectivity index (χ4v) is 3.07. The molecule has 1 unspecified atom stereocenters. The van der Waals surface area contributed by atoms with Crippen molar-refractivity contribution >= 4 is 29.3 Å². The summed E-state index contributed by atoms with van der Waals surface area (Å²) in [6.45, 7) is 4.46. The molecule has 23 heavy (non-hydrogen) atoms. The number of carbonyl (C=O) groups excluding carboxylic acids is 1. The molecule has 1 fully saturated rings. The van der Waals surface area contributed by atoms with E-state index >= 15 is 0 Å². The lowest BCUT2D eigenvalue weighted by Gasteiger charge is -2.22. The van der Waals surface area contributed by atoms with E-state index in [1.165, 1.54) is 0 Å². The maximum absolute atomic E-state index is 12.9. The highest BCUT2D eigenvalue weighted by molar-refractivity contribution is 5.99. The second-order valence-electron chi connectivity index (χ2n) is 6.33. The van der Waals surface area contributed by atoms with Crippen molar-refractivity contribution in [1.82, 2.24) is 4.90 Å². The van der Waals surface area contributed by atoms with Gasteiger partial charge in [-0.15, -0.1) is 12.4 Å². The third-order valence-corrected chi connectivity index (χ3v) is 4.52. The summed E-state index contributed by atoms with van der Waals surface area (Å²) < 4.78 is 11.1. The molecule has 0 saturated carbocycles. The summed E-state index contributed by atoms with van der Waals surface area (Å²) in [4.78, 5) is 14.7. The van der Waals surface area contributed by atoms with E-state index in [2.05, 4.69) is 6.92 Å². The molecule has 2 aromatic rings. The number of hydrogen-bond donors (Lipinski definition) is 1. The smallest absolute Gasteiger partial charge is 0.290 e. The summed E-state index contributed by atoms with van der Waals surface area (Å²) in [5.74, 6) is 0.324. The van der Waals surface area contributed by atoms with E-state index in [1.54, 1.807) is 7.11 Å². The number of fused-ring (bicyclic) bond motifs is 1. The van der Waals surface area contributed by atoms with E-state index in [-0.39, 0.29) is 23.7 Å². The topological polar surface area (TPSA) is 68.7 Å². The van der Waals surface area contributed by atoms with Crippen LogP contribution in [-0.4, -0.2) is 37.6 Å². The first-order valence-corrected chi connectivity index (χ1v) is 7.57. The molecule has 1 aliphatic heterocycles. The van der Waals surface area contributed by atoms with Gasteiger partial charge in [0.1, 0.15) is 5.58 Å². The van der Waals surface area contributed by atoms with Crippen LogP contribution in [-0.2, 0) is 11.3 Å². The predicted molar refractivity (Wildman–Crippen MR) is 91.9 cm³/mol. The Bertz CT molecular complexity index is 700. The van der Waals surface area contributed by atoms with Crippen molar-refractivity contribution in [2.45, 2.75) is 20.0 Å². The minimum Gasteiger partial charge on any atom is -0.451 e. The Hall–Kier alpha value is -1.56. The summed E-state index contributed by atoms with van der Waals surface area (Å²) in [5, 5.41) is 0.938. The van der Waals surface area contributed by atoms with E-state index in [0.29, 0.717) is 25.5 Å². The maximum Gasteiger partial charge on any atom is 0.290 e. The van der Waals surface area contributed by atoms with E-state index in [1.807, 2.05) is 29.2 Å². The van der Waals surface area contributed by atoms with Crippen LogP contribution in [0.1, 0.15) is 29.5 Å². The third-order valence-electron chi connectivity index (χ3n) is 4.52. The molecule has 2 N–H and O–H groups in total. The highest BCUT2D eigenvalue weighted by Crippen LogP contribution is 2.32. The van der Waals surface area contributed by atoms with Crippen molar-refractivity contribution in [3.05, 3.63) is 35.6 Å². The first-order chi connectivity index (χ1) is 10.6. The number of carbonyl (C=O) groups is 1. The van der Waals surface area contributed by atoms with Crippen LogP contribution in [0.2, 0.25) is 0 Å². The van der Waals surface area contributed by atoms with Crippen LogP contribution in [0.3, 0.4) is 0 Å². The standard InChI is InChI=1S/C17H22N2O3.ClH/c1-17(10-18)7-8-19(11-17)16(20)15-13(9-21-2)12-5-3-4-6-14(12)22-15;/h3-6H,7-11,18H2,1-2H3;1H. The Morgan fingerprint density at radius 3 is 2.83 bits per heavy atom. The molecule has 126 valence electrons. The lowest BCUT2D eigenvalue weighted by atomic mass is 9.90. The van der Waals surface area contributed by atoms with Gasteiger partial charge in [0.15, 0.2) is 5.76 Å². The zero-order chi connectivity index (χ0) is 15.7. The van der Waals surface area contributed by atoms with Crippen molar-refractivity contribution < 1.29 is 13.9 Å². The maximum atomic E-state index is 12.9. The van der Waals surface area contributed by atoms with Crippen molar-refractivity contribution in [2.75, 3.05) is 26.7 Å². The van der Waals surface area contributed by atoms with Gasteiger partial charge in [0.2, 0.25) is 0 Å². The molecule has 6 heteroatoms. The minimum atomic E-state index is -0.0691. The fraction of sp³-hybridized carbons (Fsp3) is 0.471. The number of para-hydroxylation sites is 1. The fourth-order valence-electron chi connectivity index (χ4n) is 3.07. The molecule has 1 aromatic carbocycles. The number of furan rings is 1. The number of benzene rings is 1. The zero-order valence-corrected chi connectivity index (χ0v) is 14.3. The van der Waals surface area contributed by atoms with Gasteiger partial charge in [0, 0.05) is 31.1 Å². The van der Waals surface area contributed by atoms with Gasteiger partial charge in [-0.1, -0.05) is 25.1 Å². The molecule has 0 bridgehead atoms. The van der Waals surface area contributed by atoms with Gasteiger partial charge in [-0.25, -0.2) is 0 Å². The number of ether oxygens (including phenoxy) is 1. The normalized spacial score (nSPS) is 20.7. The number of amides is 1. The zero-order valence-electron chi connectivity index (χ0n) is 13.5. The first kappa shape index (κ1) is 17.8. The van der Waals surface area contributed by atoms with Crippen LogP contribution in [0.5, 0.6) is 0 Å². The number of halogens is 1. The second kappa shape index (κ2) is 6.91. The molecule has 3 rings (SSSR count). The Morgan fingerprint density at radius 2 is 2.17 bits per heavy atom. The van der Waals surface area contributed by atoms with Crippen LogP contribution in [0.4, 0.5) is 0 Å². The SMILES string of the molecule is COCc1c(C(=O)N2CCC(C)(CN)C2)oc2ccccc12.Cl. The van der Waals surface area contributed by atoms with Gasteiger partial charge in [-0.2, -0.15) is 0 Å². The molecule has 1 aliphatic rings. The van der Waals surface area contributed by atoms with Crippen molar-refractivity contribution in [3.8, 4) is 0 Å². The third kappa shape index (κ3) is 3.22. The van der Waals surface area contributed by atoms with Gasteiger partial charge < -0.3 is 19.8 Å². The van der Waals surface area contributed by atoms with Crippen LogP contribution >= 0.6 is 12.4 Å². The quantitative estimate of drug-likeness (QED) is 0.930. The molecule has 1 saturated heterocycles. The number of rotatable bonds is 4. The van der Waals surface area contributed by atoms with Gasteiger partial charge in [0.05, 0.1) is 6.61 Å². The van der Waals surface area contributed by atoms with Gasteiger partial charge in [0.25, 0.3) is 5.91 Å². The average Bonchev–Trinajstić information content (AvgIpc) is 3.10. The number of methoxy groups -OCH3 is 1. The molecular weight excluding hydrogens is 316 g/mol. The summed E-state index contributed by atoms with van der Waals surface area (Å²) in [6, 6.07) is 7.67. The molecule has 0 aliphatic carbocycles. The van der Waals surface area contributed by atoms with E-state index in [0.717, 1.165) is 29.5 Å². The Balaban J connectivity index is 0.00000192. The average molecular weight is 339 g/mol. The molecule has 0 radical (unpaired) electrons. The van der Waals surface area contributed by atoms with Crippen LogP contribution < -0.4 is 5.73 Å². The lowest BCUT2D eigenvalue weighted by Crippen LogP contribution is -2.34. The Morgan fingerprint density at radius 1 is 1.43 bits per heavy atom. The summed E-state index contributed by atoms with van der Waals surface area (Å²) in [7, 11) is 1.62. The van der Waals surface area contributed by atoms with Crippen LogP contribution in [0.25, 0.3) is 11.0 Å². The van der Waals surface area contributed by atoms with Gasteiger partial charge in [-0.3, -0.25) is 4.79 Å². The van der Waals surface area contributed by atoms with Crippen molar-refractivity contribution in [1.29, 1.82) is 0 Å². The molecule has 1 amide bonds. The number of nitrogens with zero attached hydrogens (tertiary/aromatic N) is 1. The second-order valence-corrected chi connectivity index (χ2v) is 6.33. The predicted octanol–water partition coefficient (Wildman–Crippen LogP) is 2.81. The number of hydrogen-bond acceptors (Lipinski definition) is 4. The van der Waals surface area contributed by atoms with Crippen LogP contribution in [0.15, 0.2) is 28.7 Å². The van der Waals surface area contributed by atoms with Crippen molar-refractivity contribution in [2.24, 2.45) is 11.1 Å². The van der Waals surface area contributed by atoms with E-state index in [4.69, 9.17) is 14.9 Å². The number of likely N-dealkylation sites (tertiary alicyclic amines) is 1. The highest BCUT2D eigenvalue weighted by Gasteiger charge is 2.37. The van der Waals surface area contributed by atoms with Crippen molar-refractivity contribution in [3.63, 3.8) is 0 Å². The molecule has 5 nitrogen and oxygen atoms in total. The Kier molecular flexibility index (Phi) is 5.34. The van der Waals surface area contributed by atoms with Crippen LogP contribution in [0, 0.1) is 5.41 Å². The molecule has 2 heterocycles. The summed E-state index contributed by atoms with van der Waals surface area (Å²) in [6.07, 6.45) is 0.926. The van der Waals surface area contributed by atoms with Gasteiger partial charge in [-0.05, 0) is 24.4 Å². The Labute approximate surface area is 142 Å². The molecule has 1 atom stereocenters. The molecular formula is C17H23ClN2O3. The minimum absolute atomic E-state index is 0. The monoisotopic (exact) mass is 338 g/mol. The molecule has 1 aromatic heterocycles. The molecule has 0 spiro atoms. The summed E-state index contributed by atoms with van der Waals surface area (Å²) >= 11 is 0. The lowest BCUT2D eigenvalue weighted by molar-refractivity contribution is 0.0741. The van der Waals surface area contributed by atoms with E-state index in [9.17, 15) is 4.79 Å². The summed E-state index contributed by atoms with van der Waals surface area (Å²) in [5.41, 5.74) is 7.37. The number of nitrogens with two attached hydrogens (primary N) is 1. The highest BCUT2D eigenvalue weighted by atomic mass is 35.5. The largest absolute Gasteiger partial charge is 0.451 e. The first-order valence-electron chi connectivity index (χ1n) is 7.57. The van der Waals surface area contributed by atoms with E-state index < -0.39 is 0 Å².